The fourth-order valence-electron chi connectivity index (χ4n) is 1.54. The Morgan fingerprint density at radius 1 is 1.12 bits per heavy atom. The van der Waals surface area contributed by atoms with Crippen LogP contribution in [-0.4, -0.2) is 4.98 Å². The molecule has 0 fully saturated rings. The van der Waals surface area contributed by atoms with Gasteiger partial charge >= 0.3 is 0 Å². The number of aromatic nitrogens is 1. The molecule has 0 aliphatic rings. The Kier molecular flexibility index (Phi) is 2.84. The molecule has 0 saturated heterocycles. The summed E-state index contributed by atoms with van der Waals surface area (Å²) in [5.74, 6) is -0.332. The third-order valence-corrected chi connectivity index (χ3v) is 2.37. The Morgan fingerprint density at radius 3 is 2.44 bits per heavy atom. The summed E-state index contributed by atoms with van der Waals surface area (Å²) in [4.78, 5) is 4.18. The molecule has 0 spiro atoms. The maximum Gasteiger partial charge on any atom is 0.113 e. The van der Waals surface area contributed by atoms with E-state index in [0.717, 1.165) is 11.3 Å². The molecular formula is C13H11N3. The Balaban J connectivity index is 2.38. The van der Waals surface area contributed by atoms with Gasteiger partial charge in [0.15, 0.2) is 0 Å². The van der Waals surface area contributed by atoms with Gasteiger partial charge in [0.05, 0.1) is 23.6 Å². The van der Waals surface area contributed by atoms with E-state index in [9.17, 15) is 5.26 Å². The molecule has 0 saturated carbocycles. The van der Waals surface area contributed by atoms with E-state index in [4.69, 9.17) is 5.73 Å². The van der Waals surface area contributed by atoms with Crippen molar-refractivity contribution in [3.63, 3.8) is 0 Å². The van der Waals surface area contributed by atoms with Crippen LogP contribution < -0.4 is 5.73 Å². The number of nitriles is 1. The number of rotatable bonds is 2. The van der Waals surface area contributed by atoms with Crippen LogP contribution in [0.25, 0.3) is 0 Å². The molecule has 1 unspecified atom stereocenters. The van der Waals surface area contributed by atoms with Crippen LogP contribution in [0.1, 0.15) is 17.2 Å². The Labute approximate surface area is 94.2 Å². The third-order valence-electron chi connectivity index (χ3n) is 2.37. The molecule has 16 heavy (non-hydrogen) atoms. The van der Waals surface area contributed by atoms with Gasteiger partial charge in [-0.2, -0.15) is 5.26 Å². The molecule has 0 bridgehead atoms. The normalized spacial score (nSPS) is 11.7. The second kappa shape index (κ2) is 4.45. The lowest BCUT2D eigenvalue weighted by Crippen LogP contribution is -2.01. The van der Waals surface area contributed by atoms with Crippen LogP contribution in [-0.2, 0) is 0 Å². The van der Waals surface area contributed by atoms with Crippen molar-refractivity contribution in [3.8, 4) is 6.07 Å². The third kappa shape index (κ3) is 2.01. The molecule has 2 rings (SSSR count). The molecular weight excluding hydrogens is 198 g/mol. The number of hydrogen-bond acceptors (Lipinski definition) is 3. The predicted octanol–water partition coefficient (Wildman–Crippen LogP) is 2.32. The van der Waals surface area contributed by atoms with Crippen molar-refractivity contribution < 1.29 is 0 Å². The van der Waals surface area contributed by atoms with E-state index in [1.54, 1.807) is 18.3 Å². The summed E-state index contributed by atoms with van der Waals surface area (Å²) in [6, 6.07) is 15.4. The van der Waals surface area contributed by atoms with Crippen molar-refractivity contribution in [1.29, 1.82) is 5.26 Å². The highest BCUT2D eigenvalue weighted by atomic mass is 14.7. The van der Waals surface area contributed by atoms with Gasteiger partial charge in [0.2, 0.25) is 0 Å². The van der Waals surface area contributed by atoms with E-state index >= 15 is 0 Å². The quantitative estimate of drug-likeness (QED) is 0.825. The highest BCUT2D eigenvalue weighted by Gasteiger charge is 2.13. The summed E-state index contributed by atoms with van der Waals surface area (Å²) in [7, 11) is 0. The van der Waals surface area contributed by atoms with E-state index in [1.165, 1.54) is 0 Å². The fourth-order valence-corrected chi connectivity index (χ4v) is 1.54. The predicted molar refractivity (Wildman–Crippen MR) is 62.5 cm³/mol. The van der Waals surface area contributed by atoms with E-state index in [0.29, 0.717) is 5.69 Å². The number of anilines is 1. The number of nitrogens with zero attached hydrogens (tertiary/aromatic N) is 2. The van der Waals surface area contributed by atoms with Crippen LogP contribution in [0.15, 0.2) is 48.7 Å². The maximum absolute atomic E-state index is 9.18. The molecule has 1 aromatic carbocycles. The molecule has 0 aliphatic carbocycles. The first kappa shape index (κ1) is 10.2. The molecule has 0 amide bonds. The van der Waals surface area contributed by atoms with Crippen LogP contribution in [0.3, 0.4) is 0 Å². The zero-order valence-electron chi connectivity index (χ0n) is 8.67. The summed E-state index contributed by atoms with van der Waals surface area (Å²) in [5, 5.41) is 9.18. The minimum atomic E-state index is -0.332. The summed E-state index contributed by atoms with van der Waals surface area (Å²) in [6.07, 6.45) is 1.57. The first-order valence-electron chi connectivity index (χ1n) is 4.97. The topological polar surface area (TPSA) is 62.7 Å². The smallest absolute Gasteiger partial charge is 0.113 e. The molecule has 3 nitrogen and oxygen atoms in total. The number of hydrogen-bond donors (Lipinski definition) is 1. The summed E-state index contributed by atoms with van der Waals surface area (Å²) < 4.78 is 0. The Hall–Kier alpha value is -2.34. The van der Waals surface area contributed by atoms with E-state index in [1.807, 2.05) is 30.3 Å². The average Bonchev–Trinajstić information content (AvgIpc) is 2.34. The standard InChI is InChI=1S/C13H11N3/c14-8-12(10-4-2-1-3-5-10)13-7-6-11(15)9-16-13/h1-7,9,12H,15H2. The molecule has 1 aromatic heterocycles. The van der Waals surface area contributed by atoms with Crippen molar-refractivity contribution >= 4 is 5.69 Å². The van der Waals surface area contributed by atoms with Gasteiger partial charge in [0.1, 0.15) is 5.92 Å². The van der Waals surface area contributed by atoms with Gasteiger partial charge in [0, 0.05) is 0 Å². The van der Waals surface area contributed by atoms with E-state index in [-0.39, 0.29) is 5.92 Å². The molecule has 3 heteroatoms. The van der Waals surface area contributed by atoms with E-state index in [2.05, 4.69) is 11.1 Å². The molecule has 1 atom stereocenters. The number of pyridine rings is 1. The highest BCUT2D eigenvalue weighted by Crippen LogP contribution is 2.22. The monoisotopic (exact) mass is 209 g/mol. The van der Waals surface area contributed by atoms with Crippen molar-refractivity contribution in [2.24, 2.45) is 0 Å². The molecule has 1 heterocycles. The molecule has 0 aliphatic heterocycles. The highest BCUT2D eigenvalue weighted by molar-refractivity contribution is 5.40. The van der Waals surface area contributed by atoms with Gasteiger partial charge < -0.3 is 5.73 Å². The SMILES string of the molecule is N#CC(c1ccccc1)c1ccc(N)cn1. The largest absolute Gasteiger partial charge is 0.397 e. The first-order valence-corrected chi connectivity index (χ1v) is 4.97. The van der Waals surface area contributed by atoms with Crippen LogP contribution >= 0.6 is 0 Å². The van der Waals surface area contributed by atoms with Gasteiger partial charge in [-0.15, -0.1) is 0 Å². The molecule has 78 valence electrons. The van der Waals surface area contributed by atoms with Gasteiger partial charge in [0.25, 0.3) is 0 Å². The lowest BCUT2D eigenvalue weighted by molar-refractivity contribution is 0.967. The van der Waals surface area contributed by atoms with Crippen LogP contribution in [0, 0.1) is 11.3 Å². The average molecular weight is 209 g/mol. The van der Waals surface area contributed by atoms with Crippen LogP contribution in [0.4, 0.5) is 5.69 Å². The Morgan fingerprint density at radius 2 is 1.88 bits per heavy atom. The van der Waals surface area contributed by atoms with Gasteiger partial charge in [-0.3, -0.25) is 4.98 Å². The van der Waals surface area contributed by atoms with Gasteiger partial charge in [-0.1, -0.05) is 30.3 Å². The summed E-state index contributed by atoms with van der Waals surface area (Å²) in [5.41, 5.74) is 7.84. The van der Waals surface area contributed by atoms with E-state index < -0.39 is 0 Å². The van der Waals surface area contributed by atoms with Crippen LogP contribution in [0.5, 0.6) is 0 Å². The molecule has 2 N–H and O–H groups in total. The summed E-state index contributed by atoms with van der Waals surface area (Å²) in [6.45, 7) is 0. The fraction of sp³-hybridized carbons (Fsp3) is 0.0769. The minimum Gasteiger partial charge on any atom is -0.397 e. The molecule has 0 radical (unpaired) electrons. The number of benzene rings is 1. The lowest BCUT2D eigenvalue weighted by Gasteiger charge is -2.08. The Bertz CT molecular complexity index is 497. The minimum absolute atomic E-state index is 0.332. The zero-order chi connectivity index (χ0) is 11.4. The van der Waals surface area contributed by atoms with Crippen LogP contribution in [0.2, 0.25) is 0 Å². The number of nitrogen functional groups attached to an aromatic ring is 1. The lowest BCUT2D eigenvalue weighted by atomic mass is 9.97. The second-order valence-electron chi connectivity index (χ2n) is 3.49. The van der Waals surface area contributed by atoms with Crippen molar-refractivity contribution in [1.82, 2.24) is 4.98 Å². The first-order chi connectivity index (χ1) is 7.81. The van der Waals surface area contributed by atoms with Gasteiger partial charge in [-0.05, 0) is 17.7 Å². The molecule has 2 aromatic rings. The second-order valence-corrected chi connectivity index (χ2v) is 3.49. The zero-order valence-corrected chi connectivity index (χ0v) is 8.67. The van der Waals surface area contributed by atoms with Crippen molar-refractivity contribution in [3.05, 3.63) is 59.9 Å². The summed E-state index contributed by atoms with van der Waals surface area (Å²) >= 11 is 0. The van der Waals surface area contributed by atoms with Crippen molar-refractivity contribution in [2.75, 3.05) is 5.73 Å². The maximum atomic E-state index is 9.18. The number of nitrogens with two attached hydrogens (primary N) is 1. The van der Waals surface area contributed by atoms with Crippen molar-refractivity contribution in [2.45, 2.75) is 5.92 Å². The van der Waals surface area contributed by atoms with Gasteiger partial charge in [-0.25, -0.2) is 0 Å².